The van der Waals surface area contributed by atoms with Crippen molar-refractivity contribution in [2.24, 2.45) is 0 Å². The summed E-state index contributed by atoms with van der Waals surface area (Å²) in [5.74, 6) is 0.655. The molecular weight excluding hydrogens is 340 g/mol. The smallest absolute Gasteiger partial charge is 0.230 e. The standard InChI is InChI=1S/C18H18N2O2S2/c1-11-4-9-14(22-2)16-17(11)24-18(20-16)19-15(21)10-12-5-7-13(23-3)8-6-12/h4-9H,10H2,1-3H3,(H,19,20,21). The van der Waals surface area contributed by atoms with E-state index in [2.05, 4.69) is 10.3 Å². The van der Waals surface area contributed by atoms with E-state index in [1.165, 1.54) is 16.2 Å². The van der Waals surface area contributed by atoms with Gasteiger partial charge in [-0.15, -0.1) is 11.8 Å². The number of rotatable bonds is 5. The fourth-order valence-electron chi connectivity index (χ4n) is 2.42. The number of carbonyl (C=O) groups is 1. The van der Waals surface area contributed by atoms with Crippen LogP contribution in [0.1, 0.15) is 11.1 Å². The maximum absolute atomic E-state index is 12.3. The summed E-state index contributed by atoms with van der Waals surface area (Å²) in [6.45, 7) is 2.03. The molecule has 0 fully saturated rings. The Balaban J connectivity index is 1.76. The molecule has 0 spiro atoms. The Morgan fingerprint density at radius 1 is 1.25 bits per heavy atom. The molecule has 0 unspecified atom stereocenters. The van der Waals surface area contributed by atoms with Crippen molar-refractivity contribution in [1.82, 2.24) is 4.98 Å². The van der Waals surface area contributed by atoms with Crippen LogP contribution in [0.3, 0.4) is 0 Å². The Morgan fingerprint density at radius 2 is 2.00 bits per heavy atom. The van der Waals surface area contributed by atoms with Crippen LogP contribution in [0.25, 0.3) is 10.2 Å². The molecule has 0 saturated heterocycles. The zero-order chi connectivity index (χ0) is 17.1. The number of amides is 1. The minimum absolute atomic E-state index is 0.0671. The van der Waals surface area contributed by atoms with Crippen LogP contribution < -0.4 is 10.1 Å². The predicted octanol–water partition coefficient (Wildman–Crippen LogP) is 4.52. The molecule has 24 heavy (non-hydrogen) atoms. The Labute approximate surface area is 149 Å². The number of anilines is 1. The molecule has 124 valence electrons. The quantitative estimate of drug-likeness (QED) is 0.682. The maximum atomic E-state index is 12.3. The zero-order valence-corrected chi connectivity index (χ0v) is 15.4. The van der Waals surface area contributed by atoms with Crippen molar-refractivity contribution < 1.29 is 9.53 Å². The van der Waals surface area contributed by atoms with E-state index in [0.29, 0.717) is 11.6 Å². The van der Waals surface area contributed by atoms with E-state index in [1.807, 2.05) is 49.6 Å². The Hall–Kier alpha value is -2.05. The highest BCUT2D eigenvalue weighted by molar-refractivity contribution is 7.98. The fourth-order valence-corrected chi connectivity index (χ4v) is 3.80. The third-order valence-corrected chi connectivity index (χ3v) is 5.54. The monoisotopic (exact) mass is 358 g/mol. The lowest BCUT2D eigenvalue weighted by Crippen LogP contribution is -2.14. The molecule has 1 amide bonds. The summed E-state index contributed by atoms with van der Waals surface area (Å²) in [6.07, 6.45) is 2.37. The lowest BCUT2D eigenvalue weighted by molar-refractivity contribution is -0.115. The molecule has 1 N–H and O–H groups in total. The second kappa shape index (κ2) is 7.23. The number of hydrogen-bond donors (Lipinski definition) is 1. The van der Waals surface area contributed by atoms with Crippen molar-refractivity contribution in [2.75, 3.05) is 18.7 Å². The Morgan fingerprint density at radius 3 is 2.67 bits per heavy atom. The molecule has 0 bridgehead atoms. The molecule has 3 rings (SSSR count). The molecule has 0 aliphatic heterocycles. The number of fused-ring (bicyclic) bond motifs is 1. The molecule has 2 aromatic carbocycles. The Bertz CT molecular complexity index is 873. The molecule has 6 heteroatoms. The molecule has 3 aromatic rings. The van der Waals surface area contributed by atoms with Crippen LogP contribution in [-0.4, -0.2) is 24.3 Å². The van der Waals surface area contributed by atoms with Gasteiger partial charge in [0.05, 0.1) is 18.2 Å². The summed E-state index contributed by atoms with van der Waals surface area (Å²) >= 11 is 3.16. The Kier molecular flexibility index (Phi) is 5.06. The lowest BCUT2D eigenvalue weighted by Gasteiger charge is -2.03. The summed E-state index contributed by atoms with van der Waals surface area (Å²) in [7, 11) is 1.62. The van der Waals surface area contributed by atoms with Crippen LogP contribution >= 0.6 is 23.1 Å². The van der Waals surface area contributed by atoms with Gasteiger partial charge in [0.25, 0.3) is 0 Å². The first-order valence-electron chi connectivity index (χ1n) is 7.47. The SMILES string of the molecule is COc1ccc(C)c2sc(NC(=O)Cc3ccc(SC)cc3)nc12. The first-order valence-corrected chi connectivity index (χ1v) is 9.51. The number of nitrogens with one attached hydrogen (secondary N) is 1. The van der Waals surface area contributed by atoms with Gasteiger partial charge in [-0.05, 0) is 42.5 Å². The van der Waals surface area contributed by atoms with Gasteiger partial charge in [0, 0.05) is 4.90 Å². The highest BCUT2D eigenvalue weighted by Crippen LogP contribution is 2.34. The van der Waals surface area contributed by atoms with Crippen LogP contribution in [0.5, 0.6) is 5.75 Å². The van der Waals surface area contributed by atoms with Gasteiger partial charge in [-0.2, -0.15) is 0 Å². The van der Waals surface area contributed by atoms with Crippen molar-refractivity contribution in [3.63, 3.8) is 0 Å². The van der Waals surface area contributed by atoms with Crippen molar-refractivity contribution in [1.29, 1.82) is 0 Å². The van der Waals surface area contributed by atoms with Crippen molar-refractivity contribution in [3.05, 3.63) is 47.5 Å². The molecule has 4 nitrogen and oxygen atoms in total. The predicted molar refractivity (Wildman–Crippen MR) is 101 cm³/mol. The van der Waals surface area contributed by atoms with Crippen molar-refractivity contribution >= 4 is 44.4 Å². The molecule has 1 heterocycles. The van der Waals surface area contributed by atoms with Crippen LogP contribution in [0, 0.1) is 6.92 Å². The number of benzene rings is 2. The number of aromatic nitrogens is 1. The summed E-state index contributed by atoms with van der Waals surface area (Å²) in [5.41, 5.74) is 2.90. The number of carbonyl (C=O) groups excluding carboxylic acids is 1. The zero-order valence-electron chi connectivity index (χ0n) is 13.8. The minimum Gasteiger partial charge on any atom is -0.494 e. The summed E-state index contributed by atoms with van der Waals surface area (Å²) in [6, 6.07) is 11.9. The normalized spacial score (nSPS) is 10.8. The van der Waals surface area contributed by atoms with E-state index in [1.54, 1.807) is 18.9 Å². The van der Waals surface area contributed by atoms with E-state index in [-0.39, 0.29) is 5.91 Å². The highest BCUT2D eigenvalue weighted by Gasteiger charge is 2.13. The largest absolute Gasteiger partial charge is 0.494 e. The number of thiazole rings is 1. The van der Waals surface area contributed by atoms with Gasteiger partial charge in [-0.25, -0.2) is 4.98 Å². The third-order valence-electron chi connectivity index (χ3n) is 3.69. The molecule has 0 radical (unpaired) electrons. The third kappa shape index (κ3) is 3.55. The first-order chi connectivity index (χ1) is 11.6. The lowest BCUT2D eigenvalue weighted by atomic mass is 10.1. The van der Waals surface area contributed by atoms with E-state index in [0.717, 1.165) is 27.1 Å². The van der Waals surface area contributed by atoms with Crippen LogP contribution in [0.15, 0.2) is 41.3 Å². The van der Waals surface area contributed by atoms with Gasteiger partial charge in [0.15, 0.2) is 5.13 Å². The van der Waals surface area contributed by atoms with E-state index in [9.17, 15) is 4.79 Å². The molecular formula is C18H18N2O2S2. The average Bonchev–Trinajstić information content (AvgIpc) is 3.00. The minimum atomic E-state index is -0.0671. The fraction of sp³-hybridized carbons (Fsp3) is 0.222. The molecule has 1 aromatic heterocycles. The number of aryl methyl sites for hydroxylation is 1. The second-order valence-corrected chi connectivity index (χ2v) is 7.23. The number of nitrogens with zero attached hydrogens (tertiary/aromatic N) is 1. The summed E-state index contributed by atoms with van der Waals surface area (Å²) in [4.78, 5) is 18.0. The number of hydrogen-bond acceptors (Lipinski definition) is 5. The van der Waals surface area contributed by atoms with Crippen molar-refractivity contribution in [2.45, 2.75) is 18.2 Å². The number of methoxy groups -OCH3 is 1. The van der Waals surface area contributed by atoms with Crippen LogP contribution in [0.4, 0.5) is 5.13 Å². The number of thioether (sulfide) groups is 1. The van der Waals surface area contributed by atoms with Crippen molar-refractivity contribution in [3.8, 4) is 5.75 Å². The number of ether oxygens (including phenoxy) is 1. The molecule has 0 aliphatic rings. The van der Waals surface area contributed by atoms with Gasteiger partial charge in [0.1, 0.15) is 11.3 Å². The topological polar surface area (TPSA) is 51.2 Å². The van der Waals surface area contributed by atoms with Gasteiger partial charge >= 0.3 is 0 Å². The molecule has 0 atom stereocenters. The van der Waals surface area contributed by atoms with Crippen LogP contribution in [-0.2, 0) is 11.2 Å². The molecule has 0 saturated carbocycles. The molecule has 0 aliphatic carbocycles. The van der Waals surface area contributed by atoms with E-state index >= 15 is 0 Å². The first kappa shape index (κ1) is 16.8. The summed E-state index contributed by atoms with van der Waals surface area (Å²) in [5, 5.41) is 3.49. The van der Waals surface area contributed by atoms with Gasteiger partial charge < -0.3 is 10.1 Å². The van der Waals surface area contributed by atoms with E-state index < -0.39 is 0 Å². The highest BCUT2D eigenvalue weighted by atomic mass is 32.2. The van der Waals surface area contributed by atoms with Crippen LogP contribution in [0.2, 0.25) is 0 Å². The van der Waals surface area contributed by atoms with Gasteiger partial charge in [-0.1, -0.05) is 29.5 Å². The second-order valence-electron chi connectivity index (χ2n) is 5.35. The average molecular weight is 358 g/mol. The van der Waals surface area contributed by atoms with E-state index in [4.69, 9.17) is 4.74 Å². The summed E-state index contributed by atoms with van der Waals surface area (Å²) < 4.78 is 6.38. The van der Waals surface area contributed by atoms with Gasteiger partial charge in [0.2, 0.25) is 5.91 Å². The van der Waals surface area contributed by atoms with Gasteiger partial charge in [-0.3, -0.25) is 4.79 Å². The maximum Gasteiger partial charge on any atom is 0.230 e.